The van der Waals surface area contributed by atoms with Crippen LogP contribution in [0.5, 0.6) is 0 Å². The third kappa shape index (κ3) is 6.88. The van der Waals surface area contributed by atoms with Crippen LogP contribution in [0.1, 0.15) is 32.3 Å². The van der Waals surface area contributed by atoms with Crippen molar-refractivity contribution in [3.05, 3.63) is 29.8 Å². The number of nitrogens with zero attached hydrogens (tertiary/aromatic N) is 5. The van der Waals surface area contributed by atoms with Crippen molar-refractivity contribution in [2.75, 3.05) is 50.8 Å². The van der Waals surface area contributed by atoms with Crippen molar-refractivity contribution in [3.8, 4) is 11.4 Å². The molecule has 30 heavy (non-hydrogen) atoms. The first-order valence-corrected chi connectivity index (χ1v) is 10.1. The van der Waals surface area contributed by atoms with Crippen LogP contribution in [0.15, 0.2) is 24.3 Å². The summed E-state index contributed by atoms with van der Waals surface area (Å²) in [5.74, 6) is 1.20. The summed E-state index contributed by atoms with van der Waals surface area (Å²) in [7, 11) is 3.16. The Morgan fingerprint density at radius 1 is 1.03 bits per heavy atom. The molecule has 1 heterocycles. The second kappa shape index (κ2) is 12.4. The molecule has 9 heteroatoms. The molecule has 1 aromatic heterocycles. The molecule has 1 atom stereocenters. The second-order valence-electron chi connectivity index (χ2n) is 7.00. The zero-order valence-electron chi connectivity index (χ0n) is 18.5. The van der Waals surface area contributed by atoms with Crippen LogP contribution in [0.25, 0.3) is 11.4 Å². The minimum atomic E-state index is -0.845. The van der Waals surface area contributed by atoms with E-state index >= 15 is 0 Å². The van der Waals surface area contributed by atoms with E-state index in [0.29, 0.717) is 24.3 Å². The van der Waals surface area contributed by atoms with Crippen LogP contribution in [0.2, 0.25) is 0 Å². The Morgan fingerprint density at radius 3 is 2.40 bits per heavy atom. The summed E-state index contributed by atoms with van der Waals surface area (Å²) >= 11 is 0. The molecular formula is C21H33N5O4. The molecule has 0 spiro atoms. The average Bonchev–Trinajstić information content (AvgIpc) is 2.73. The Bertz CT molecular complexity index is 775. The Hall–Kier alpha value is -2.33. The number of anilines is 2. The van der Waals surface area contributed by atoms with Gasteiger partial charge in [0.05, 0.1) is 0 Å². The Balaban J connectivity index is 2.48. The largest absolute Gasteiger partial charge is 0.374 e. The summed E-state index contributed by atoms with van der Waals surface area (Å²) in [6, 6.07) is 7.91. The lowest BCUT2D eigenvalue weighted by Crippen LogP contribution is -2.37. The standard InChI is InChI=1S/C21H33N5O4/c1-6-7-11-30-14-25(13-28-4)20-22-19(18-10-8-9-16(2)12-18)23-21(24-20)26(15-29-5)17(3)27/h8-10,12,17,27H,6-7,11,13-15H2,1-5H3. The topological polar surface area (TPSA) is 93.1 Å². The van der Waals surface area contributed by atoms with Gasteiger partial charge in [0.15, 0.2) is 5.82 Å². The highest BCUT2D eigenvalue weighted by molar-refractivity contribution is 5.59. The van der Waals surface area contributed by atoms with Gasteiger partial charge in [0.2, 0.25) is 11.9 Å². The molecule has 2 aromatic rings. The number of benzene rings is 1. The van der Waals surface area contributed by atoms with E-state index in [2.05, 4.69) is 21.9 Å². The third-order valence-corrected chi connectivity index (χ3v) is 4.32. The zero-order chi connectivity index (χ0) is 21.9. The fourth-order valence-electron chi connectivity index (χ4n) is 2.74. The Kier molecular flexibility index (Phi) is 9.88. The van der Waals surface area contributed by atoms with E-state index in [1.165, 1.54) is 0 Å². The van der Waals surface area contributed by atoms with E-state index in [-0.39, 0.29) is 20.2 Å². The van der Waals surface area contributed by atoms with Crippen molar-refractivity contribution in [3.63, 3.8) is 0 Å². The van der Waals surface area contributed by atoms with Crippen molar-refractivity contribution in [2.24, 2.45) is 0 Å². The van der Waals surface area contributed by atoms with Crippen LogP contribution in [0.3, 0.4) is 0 Å². The molecule has 1 aromatic carbocycles. The molecule has 2 rings (SSSR count). The quantitative estimate of drug-likeness (QED) is 0.388. The van der Waals surface area contributed by atoms with E-state index in [1.54, 1.807) is 30.9 Å². The minimum Gasteiger partial charge on any atom is -0.374 e. The lowest BCUT2D eigenvalue weighted by molar-refractivity contribution is 0.101. The van der Waals surface area contributed by atoms with Gasteiger partial charge in [0, 0.05) is 26.4 Å². The van der Waals surface area contributed by atoms with E-state index in [4.69, 9.17) is 14.2 Å². The van der Waals surface area contributed by atoms with Crippen molar-refractivity contribution >= 4 is 11.9 Å². The van der Waals surface area contributed by atoms with E-state index in [9.17, 15) is 5.11 Å². The molecule has 0 saturated heterocycles. The fourth-order valence-corrected chi connectivity index (χ4v) is 2.74. The van der Waals surface area contributed by atoms with Crippen LogP contribution < -0.4 is 9.80 Å². The van der Waals surface area contributed by atoms with Gasteiger partial charge in [-0.05, 0) is 26.3 Å². The predicted octanol–water partition coefficient (Wildman–Crippen LogP) is 2.78. The summed E-state index contributed by atoms with van der Waals surface area (Å²) in [6.07, 6.45) is 1.18. The van der Waals surface area contributed by atoms with Crippen LogP contribution >= 0.6 is 0 Å². The highest BCUT2D eigenvalue weighted by Crippen LogP contribution is 2.23. The molecule has 0 radical (unpaired) electrons. The lowest BCUT2D eigenvalue weighted by Gasteiger charge is -2.27. The van der Waals surface area contributed by atoms with E-state index < -0.39 is 6.23 Å². The molecule has 0 aliphatic carbocycles. The van der Waals surface area contributed by atoms with Gasteiger partial charge < -0.3 is 19.3 Å². The summed E-state index contributed by atoms with van der Waals surface area (Å²) in [5.41, 5.74) is 1.95. The molecule has 166 valence electrons. The number of aryl methyl sites for hydroxylation is 1. The Morgan fingerprint density at radius 2 is 1.77 bits per heavy atom. The predicted molar refractivity (Wildman–Crippen MR) is 116 cm³/mol. The van der Waals surface area contributed by atoms with Gasteiger partial charge in [0.1, 0.15) is 26.4 Å². The smallest absolute Gasteiger partial charge is 0.234 e. The first-order chi connectivity index (χ1) is 14.5. The van der Waals surface area contributed by atoms with Gasteiger partial charge in [-0.1, -0.05) is 37.1 Å². The number of aromatic nitrogens is 3. The Labute approximate surface area is 178 Å². The summed E-state index contributed by atoms with van der Waals surface area (Å²) < 4.78 is 16.3. The first-order valence-electron chi connectivity index (χ1n) is 10.1. The number of unbranched alkanes of at least 4 members (excludes halogenated alkanes) is 1. The molecule has 9 nitrogen and oxygen atoms in total. The van der Waals surface area contributed by atoms with Gasteiger partial charge >= 0.3 is 0 Å². The molecule has 0 amide bonds. The van der Waals surface area contributed by atoms with Gasteiger partial charge in [-0.2, -0.15) is 15.0 Å². The number of methoxy groups -OCH3 is 2. The zero-order valence-corrected chi connectivity index (χ0v) is 18.5. The van der Waals surface area contributed by atoms with E-state index in [1.807, 2.05) is 31.2 Å². The van der Waals surface area contributed by atoms with Gasteiger partial charge in [-0.15, -0.1) is 0 Å². The summed E-state index contributed by atoms with van der Waals surface area (Å²) in [5, 5.41) is 10.2. The lowest BCUT2D eigenvalue weighted by atomic mass is 10.1. The van der Waals surface area contributed by atoms with Crippen LogP contribution in [-0.4, -0.2) is 67.3 Å². The molecule has 0 aliphatic heterocycles. The maximum absolute atomic E-state index is 10.2. The molecule has 0 aliphatic rings. The number of aliphatic hydroxyl groups is 1. The van der Waals surface area contributed by atoms with Crippen molar-refractivity contribution < 1.29 is 19.3 Å². The first kappa shape index (κ1) is 23.9. The van der Waals surface area contributed by atoms with Crippen LogP contribution in [0, 0.1) is 6.92 Å². The molecule has 1 N–H and O–H groups in total. The summed E-state index contributed by atoms with van der Waals surface area (Å²) in [4.78, 5) is 17.2. The maximum atomic E-state index is 10.2. The maximum Gasteiger partial charge on any atom is 0.234 e. The normalized spacial score (nSPS) is 12.1. The molecule has 0 saturated carbocycles. The molecule has 1 unspecified atom stereocenters. The monoisotopic (exact) mass is 419 g/mol. The van der Waals surface area contributed by atoms with Crippen molar-refractivity contribution in [1.29, 1.82) is 0 Å². The van der Waals surface area contributed by atoms with Gasteiger partial charge in [-0.25, -0.2) is 0 Å². The van der Waals surface area contributed by atoms with Crippen LogP contribution in [-0.2, 0) is 14.2 Å². The van der Waals surface area contributed by atoms with E-state index in [0.717, 1.165) is 24.0 Å². The highest BCUT2D eigenvalue weighted by atomic mass is 16.5. The van der Waals surface area contributed by atoms with Crippen LogP contribution in [0.4, 0.5) is 11.9 Å². The highest BCUT2D eigenvalue weighted by Gasteiger charge is 2.21. The number of ether oxygens (including phenoxy) is 3. The van der Waals surface area contributed by atoms with Gasteiger partial charge in [-0.3, -0.25) is 9.80 Å². The van der Waals surface area contributed by atoms with Crippen molar-refractivity contribution in [2.45, 2.75) is 39.8 Å². The van der Waals surface area contributed by atoms with Crippen molar-refractivity contribution in [1.82, 2.24) is 15.0 Å². The number of hydrogen-bond donors (Lipinski definition) is 1. The summed E-state index contributed by atoms with van der Waals surface area (Å²) in [6.45, 7) is 7.07. The number of aliphatic hydroxyl groups excluding tert-OH is 1. The molecule has 0 fully saturated rings. The fraction of sp³-hybridized carbons (Fsp3) is 0.571. The third-order valence-electron chi connectivity index (χ3n) is 4.32. The number of hydrogen-bond acceptors (Lipinski definition) is 9. The second-order valence-corrected chi connectivity index (χ2v) is 7.00. The minimum absolute atomic E-state index is 0.131. The average molecular weight is 420 g/mol. The molecule has 0 bridgehead atoms. The van der Waals surface area contributed by atoms with Gasteiger partial charge in [0.25, 0.3) is 0 Å². The number of rotatable bonds is 13. The SMILES string of the molecule is CCCCOCN(COC)c1nc(-c2cccc(C)c2)nc(N(COC)C(C)O)n1. The molecular weight excluding hydrogens is 386 g/mol.